The van der Waals surface area contributed by atoms with Gasteiger partial charge >= 0.3 is 0 Å². The van der Waals surface area contributed by atoms with E-state index in [9.17, 15) is 4.79 Å². The van der Waals surface area contributed by atoms with Gasteiger partial charge in [0.05, 0.1) is 5.02 Å². The van der Waals surface area contributed by atoms with Crippen LogP contribution in [0.25, 0.3) is 11.0 Å². The summed E-state index contributed by atoms with van der Waals surface area (Å²) >= 11 is 6.18. The first-order valence-electron chi connectivity index (χ1n) is 9.11. The van der Waals surface area contributed by atoms with Crippen LogP contribution in [0.5, 0.6) is 5.75 Å². The zero-order chi connectivity index (χ0) is 18.6. The van der Waals surface area contributed by atoms with Gasteiger partial charge in [0.2, 0.25) is 0 Å². The molecule has 0 spiro atoms. The number of halogens is 1. The molecule has 0 saturated carbocycles. The van der Waals surface area contributed by atoms with Crippen LogP contribution in [0.4, 0.5) is 0 Å². The van der Waals surface area contributed by atoms with E-state index in [-0.39, 0.29) is 18.6 Å². The fourth-order valence-electron chi connectivity index (χ4n) is 3.35. The number of hydrogen-bond acceptors (Lipinski definition) is 4. The van der Waals surface area contributed by atoms with E-state index in [1.54, 1.807) is 12.1 Å². The van der Waals surface area contributed by atoms with Crippen molar-refractivity contribution in [3.8, 4) is 5.75 Å². The lowest BCUT2D eigenvalue weighted by Crippen LogP contribution is -2.42. The summed E-state index contributed by atoms with van der Waals surface area (Å²) in [5.41, 5.74) is 1.41. The third-order valence-electron chi connectivity index (χ3n) is 4.79. The minimum Gasteiger partial charge on any atom is -0.487 e. The summed E-state index contributed by atoms with van der Waals surface area (Å²) in [7, 11) is 0. The first-order chi connectivity index (χ1) is 13.2. The Kier molecular flexibility index (Phi) is 5.32. The van der Waals surface area contributed by atoms with Crippen molar-refractivity contribution < 1.29 is 13.9 Å². The van der Waals surface area contributed by atoms with E-state index >= 15 is 0 Å². The van der Waals surface area contributed by atoms with Crippen molar-refractivity contribution >= 4 is 28.5 Å². The summed E-state index contributed by atoms with van der Waals surface area (Å²) in [6, 6.07) is 15.0. The molecule has 1 aliphatic heterocycles. The molecule has 27 heavy (non-hydrogen) atoms. The van der Waals surface area contributed by atoms with Crippen LogP contribution in [0.1, 0.15) is 29.0 Å². The van der Waals surface area contributed by atoms with E-state index < -0.39 is 0 Å². The Balaban J connectivity index is 1.60. The number of fused-ring (bicyclic) bond motifs is 1. The van der Waals surface area contributed by atoms with Gasteiger partial charge in [-0.2, -0.15) is 0 Å². The minimum absolute atomic E-state index is 0.157. The van der Waals surface area contributed by atoms with E-state index in [2.05, 4.69) is 10.6 Å². The van der Waals surface area contributed by atoms with Crippen molar-refractivity contribution in [2.24, 2.45) is 0 Å². The van der Waals surface area contributed by atoms with Gasteiger partial charge in [-0.1, -0.05) is 41.9 Å². The average molecular weight is 385 g/mol. The molecule has 3 aromatic rings. The number of amides is 1. The maximum Gasteiger partial charge on any atom is 0.287 e. The average Bonchev–Trinajstić information content (AvgIpc) is 3.07. The Hall–Kier alpha value is -2.50. The number of rotatable bonds is 5. The van der Waals surface area contributed by atoms with Crippen molar-refractivity contribution in [2.45, 2.75) is 25.5 Å². The van der Waals surface area contributed by atoms with Crippen LogP contribution in [0.15, 0.2) is 52.9 Å². The first-order valence-corrected chi connectivity index (χ1v) is 9.49. The molecule has 2 N–H and O–H groups in total. The van der Waals surface area contributed by atoms with Crippen LogP contribution >= 0.6 is 11.6 Å². The highest BCUT2D eigenvalue weighted by atomic mass is 35.5. The molecule has 2 aromatic carbocycles. The van der Waals surface area contributed by atoms with Crippen LogP contribution < -0.4 is 15.4 Å². The van der Waals surface area contributed by atoms with Crippen molar-refractivity contribution in [1.29, 1.82) is 0 Å². The van der Waals surface area contributed by atoms with Gasteiger partial charge in [-0.25, -0.2) is 0 Å². The van der Waals surface area contributed by atoms with Crippen molar-refractivity contribution in [3.63, 3.8) is 0 Å². The van der Waals surface area contributed by atoms with Crippen molar-refractivity contribution in [2.75, 3.05) is 13.1 Å². The largest absolute Gasteiger partial charge is 0.487 e. The molecule has 0 unspecified atom stereocenters. The summed E-state index contributed by atoms with van der Waals surface area (Å²) < 4.78 is 11.8. The summed E-state index contributed by atoms with van der Waals surface area (Å²) in [5, 5.41) is 7.80. The molecule has 1 amide bonds. The van der Waals surface area contributed by atoms with Crippen LogP contribution in [-0.2, 0) is 6.61 Å². The second-order valence-electron chi connectivity index (χ2n) is 6.62. The standard InChI is InChI=1S/C21H21ClN2O3/c22-17-6-2-4-8-19(17)26-13-16-15-5-1-3-7-18(15)27-20(16)21(25)24-14-9-11-23-12-10-14/h1-8,14,23H,9-13H2,(H,24,25). The van der Waals surface area contributed by atoms with E-state index in [0.29, 0.717) is 22.1 Å². The monoisotopic (exact) mass is 384 g/mol. The van der Waals surface area contributed by atoms with Gasteiger partial charge < -0.3 is 19.8 Å². The number of nitrogens with one attached hydrogen (secondary N) is 2. The zero-order valence-electron chi connectivity index (χ0n) is 14.8. The van der Waals surface area contributed by atoms with Crippen LogP contribution in [0.2, 0.25) is 5.02 Å². The predicted molar refractivity (Wildman–Crippen MR) is 105 cm³/mol. The normalized spacial score (nSPS) is 15.0. The number of furan rings is 1. The highest BCUT2D eigenvalue weighted by Crippen LogP contribution is 2.29. The fourth-order valence-corrected chi connectivity index (χ4v) is 3.54. The summed E-state index contributed by atoms with van der Waals surface area (Å²) in [5.74, 6) is 0.687. The molecule has 5 nitrogen and oxygen atoms in total. The smallest absolute Gasteiger partial charge is 0.287 e. The molecule has 0 atom stereocenters. The highest BCUT2D eigenvalue weighted by Gasteiger charge is 2.24. The van der Waals surface area contributed by atoms with Crippen molar-refractivity contribution in [1.82, 2.24) is 10.6 Å². The third kappa shape index (κ3) is 3.94. The van der Waals surface area contributed by atoms with Crippen molar-refractivity contribution in [3.05, 3.63) is 64.9 Å². The summed E-state index contributed by atoms with van der Waals surface area (Å²) in [4.78, 5) is 12.9. The quantitative estimate of drug-likeness (QED) is 0.693. The lowest BCUT2D eigenvalue weighted by molar-refractivity contribution is 0.0900. The van der Waals surface area contributed by atoms with Gasteiger partial charge in [0.1, 0.15) is 17.9 Å². The number of piperidine rings is 1. The molecule has 2 heterocycles. The van der Waals surface area contributed by atoms with Gasteiger partial charge in [-0.3, -0.25) is 4.79 Å². The number of benzene rings is 2. The lowest BCUT2D eigenvalue weighted by Gasteiger charge is -2.23. The summed E-state index contributed by atoms with van der Waals surface area (Å²) in [6.07, 6.45) is 1.83. The Morgan fingerprint density at radius 1 is 1.15 bits per heavy atom. The lowest BCUT2D eigenvalue weighted by atomic mass is 10.1. The van der Waals surface area contributed by atoms with Crippen LogP contribution in [0, 0.1) is 0 Å². The van der Waals surface area contributed by atoms with E-state index in [4.69, 9.17) is 20.8 Å². The number of carbonyl (C=O) groups excluding carboxylic acids is 1. The van der Waals surface area contributed by atoms with Crippen LogP contribution in [-0.4, -0.2) is 25.0 Å². The van der Waals surface area contributed by atoms with Crippen LogP contribution in [0.3, 0.4) is 0 Å². The molecule has 1 aromatic heterocycles. The van der Waals surface area contributed by atoms with E-state index in [1.807, 2.05) is 36.4 Å². The molecule has 0 aliphatic carbocycles. The Morgan fingerprint density at radius 2 is 1.89 bits per heavy atom. The molecule has 1 saturated heterocycles. The number of ether oxygens (including phenoxy) is 1. The minimum atomic E-state index is -0.198. The predicted octanol–water partition coefficient (Wildman–Crippen LogP) is 4.15. The molecule has 0 bridgehead atoms. The Morgan fingerprint density at radius 3 is 2.70 bits per heavy atom. The molecule has 1 aliphatic rings. The fraction of sp³-hybridized carbons (Fsp3) is 0.286. The number of para-hydroxylation sites is 2. The van der Waals surface area contributed by atoms with Gasteiger partial charge in [0.25, 0.3) is 5.91 Å². The molecule has 4 rings (SSSR count). The first kappa shape index (κ1) is 17.9. The van der Waals surface area contributed by atoms with Gasteiger partial charge in [0.15, 0.2) is 5.76 Å². The third-order valence-corrected chi connectivity index (χ3v) is 5.10. The number of hydrogen-bond donors (Lipinski definition) is 2. The number of carbonyl (C=O) groups is 1. The maximum atomic E-state index is 12.9. The molecule has 140 valence electrons. The van der Waals surface area contributed by atoms with E-state index in [1.165, 1.54) is 0 Å². The molecular formula is C21H21ClN2O3. The Labute approximate surface area is 162 Å². The van der Waals surface area contributed by atoms with E-state index in [0.717, 1.165) is 36.9 Å². The highest BCUT2D eigenvalue weighted by molar-refractivity contribution is 6.32. The molecule has 1 fully saturated rings. The topological polar surface area (TPSA) is 63.5 Å². The SMILES string of the molecule is O=C(NC1CCNCC1)c1oc2ccccc2c1COc1ccccc1Cl. The van der Waals surface area contributed by atoms with Gasteiger partial charge in [-0.15, -0.1) is 0 Å². The van der Waals surface area contributed by atoms with Gasteiger partial charge in [-0.05, 0) is 44.1 Å². The zero-order valence-corrected chi connectivity index (χ0v) is 15.6. The maximum absolute atomic E-state index is 12.9. The van der Waals surface area contributed by atoms with Gasteiger partial charge in [0, 0.05) is 17.0 Å². The Bertz CT molecular complexity index is 948. The summed E-state index contributed by atoms with van der Waals surface area (Å²) in [6.45, 7) is 2.02. The second-order valence-corrected chi connectivity index (χ2v) is 7.03. The molecule has 6 heteroatoms. The molecule has 0 radical (unpaired) electrons. The molecular weight excluding hydrogens is 364 g/mol. The second kappa shape index (κ2) is 8.03.